The standard InChI is InChI=1S/C16H14O4/c1-19-13-7-4-11-8-14(18)16(20-15(11)9-13)10-2-5-12(17)6-3-10/h2-7,9,16-17H,8H2,1H3. The fourth-order valence-corrected chi connectivity index (χ4v) is 2.29. The van der Waals surface area contributed by atoms with Crippen LogP contribution in [0.2, 0.25) is 0 Å². The SMILES string of the molecule is COc1ccc2c(c1)OC(c1ccc(O)cc1)C(=O)C2. The molecule has 4 nitrogen and oxygen atoms in total. The van der Waals surface area contributed by atoms with Crippen molar-refractivity contribution in [1.82, 2.24) is 0 Å². The van der Waals surface area contributed by atoms with Gasteiger partial charge in [0, 0.05) is 23.6 Å². The van der Waals surface area contributed by atoms with E-state index in [4.69, 9.17) is 9.47 Å². The third-order valence-corrected chi connectivity index (χ3v) is 3.37. The van der Waals surface area contributed by atoms with E-state index in [9.17, 15) is 9.90 Å². The molecule has 0 fully saturated rings. The molecule has 0 aromatic heterocycles. The molecule has 1 aliphatic heterocycles. The number of ketones is 1. The molecule has 4 heteroatoms. The normalized spacial score (nSPS) is 17.2. The highest BCUT2D eigenvalue weighted by molar-refractivity contribution is 5.88. The molecule has 0 bridgehead atoms. The Morgan fingerprint density at radius 2 is 1.95 bits per heavy atom. The number of phenolic OH excluding ortho intramolecular Hbond substituents is 1. The molecule has 1 atom stereocenters. The van der Waals surface area contributed by atoms with Gasteiger partial charge in [0.2, 0.25) is 0 Å². The maximum absolute atomic E-state index is 12.2. The average Bonchev–Trinajstić information content (AvgIpc) is 2.47. The smallest absolute Gasteiger partial charge is 0.182 e. The van der Waals surface area contributed by atoms with Crippen LogP contribution in [-0.2, 0) is 11.2 Å². The van der Waals surface area contributed by atoms with E-state index in [0.717, 1.165) is 11.1 Å². The highest BCUT2D eigenvalue weighted by Gasteiger charge is 2.29. The number of phenols is 1. The second-order valence-electron chi connectivity index (χ2n) is 4.71. The second-order valence-corrected chi connectivity index (χ2v) is 4.71. The third kappa shape index (κ3) is 2.20. The first-order valence-corrected chi connectivity index (χ1v) is 6.32. The van der Waals surface area contributed by atoms with Crippen LogP contribution in [0.15, 0.2) is 42.5 Å². The first kappa shape index (κ1) is 12.5. The zero-order valence-electron chi connectivity index (χ0n) is 11.0. The Kier molecular flexibility index (Phi) is 3.06. The van der Waals surface area contributed by atoms with E-state index >= 15 is 0 Å². The first-order valence-electron chi connectivity index (χ1n) is 6.32. The molecule has 1 heterocycles. The van der Waals surface area contributed by atoms with Crippen LogP contribution in [0.3, 0.4) is 0 Å². The molecule has 102 valence electrons. The molecule has 0 saturated heterocycles. The molecular weight excluding hydrogens is 256 g/mol. The van der Waals surface area contributed by atoms with Gasteiger partial charge in [-0.1, -0.05) is 18.2 Å². The molecule has 1 aliphatic rings. The Morgan fingerprint density at radius 1 is 1.20 bits per heavy atom. The molecule has 0 spiro atoms. The summed E-state index contributed by atoms with van der Waals surface area (Å²) in [6.07, 6.45) is -0.291. The molecule has 2 aromatic rings. The number of ether oxygens (including phenoxy) is 2. The van der Waals surface area contributed by atoms with Crippen LogP contribution >= 0.6 is 0 Å². The molecule has 0 aliphatic carbocycles. The highest BCUT2D eigenvalue weighted by Crippen LogP contribution is 2.35. The molecule has 0 amide bonds. The summed E-state index contributed by atoms with van der Waals surface area (Å²) in [5.41, 5.74) is 1.60. The van der Waals surface area contributed by atoms with Crippen LogP contribution in [0.4, 0.5) is 0 Å². The van der Waals surface area contributed by atoms with Crippen LogP contribution < -0.4 is 9.47 Å². The maximum Gasteiger partial charge on any atom is 0.182 e. The van der Waals surface area contributed by atoms with Gasteiger partial charge in [-0.25, -0.2) is 0 Å². The first-order chi connectivity index (χ1) is 9.67. The average molecular weight is 270 g/mol. The fourth-order valence-electron chi connectivity index (χ4n) is 2.29. The lowest BCUT2D eigenvalue weighted by Gasteiger charge is -2.25. The minimum Gasteiger partial charge on any atom is -0.508 e. The van der Waals surface area contributed by atoms with Gasteiger partial charge in [-0.05, 0) is 18.2 Å². The van der Waals surface area contributed by atoms with Crippen molar-refractivity contribution in [3.63, 3.8) is 0 Å². The highest BCUT2D eigenvalue weighted by atomic mass is 16.5. The molecule has 0 saturated carbocycles. The number of hydrogen-bond acceptors (Lipinski definition) is 4. The van der Waals surface area contributed by atoms with E-state index in [1.54, 1.807) is 37.4 Å². The van der Waals surface area contributed by atoms with Crippen LogP contribution in [-0.4, -0.2) is 18.0 Å². The lowest BCUT2D eigenvalue weighted by atomic mass is 9.96. The molecule has 1 N–H and O–H groups in total. The zero-order chi connectivity index (χ0) is 14.1. The van der Waals surface area contributed by atoms with Crippen molar-refractivity contribution < 1.29 is 19.4 Å². The number of methoxy groups -OCH3 is 1. The Balaban J connectivity index is 1.95. The lowest BCUT2D eigenvalue weighted by molar-refractivity contribution is -0.126. The predicted octanol–water partition coefficient (Wildman–Crippen LogP) is 2.65. The topological polar surface area (TPSA) is 55.8 Å². The van der Waals surface area contributed by atoms with Crippen molar-refractivity contribution in [2.45, 2.75) is 12.5 Å². The van der Waals surface area contributed by atoms with Crippen molar-refractivity contribution in [1.29, 1.82) is 0 Å². The number of benzene rings is 2. The molecule has 2 aromatic carbocycles. The summed E-state index contributed by atoms with van der Waals surface area (Å²) in [5, 5.41) is 9.30. The Hall–Kier alpha value is -2.49. The van der Waals surface area contributed by atoms with Gasteiger partial charge in [0.05, 0.1) is 7.11 Å². The van der Waals surface area contributed by atoms with Crippen LogP contribution in [0, 0.1) is 0 Å². The van der Waals surface area contributed by atoms with E-state index in [1.165, 1.54) is 0 Å². The van der Waals surface area contributed by atoms with Gasteiger partial charge in [0.25, 0.3) is 0 Å². The number of hydrogen-bond donors (Lipinski definition) is 1. The molecular formula is C16H14O4. The second kappa shape index (κ2) is 4.89. The summed E-state index contributed by atoms with van der Waals surface area (Å²) < 4.78 is 11.0. The number of rotatable bonds is 2. The maximum atomic E-state index is 12.2. The predicted molar refractivity (Wildman–Crippen MR) is 73.2 cm³/mol. The number of Topliss-reactive ketones (excluding diaryl/α,β-unsaturated/α-hetero) is 1. The van der Waals surface area contributed by atoms with E-state index in [-0.39, 0.29) is 11.5 Å². The van der Waals surface area contributed by atoms with Gasteiger partial charge < -0.3 is 14.6 Å². The van der Waals surface area contributed by atoms with Gasteiger partial charge in [-0.15, -0.1) is 0 Å². The minimum atomic E-state index is -0.629. The largest absolute Gasteiger partial charge is 0.508 e. The van der Waals surface area contributed by atoms with Gasteiger partial charge in [-0.3, -0.25) is 4.79 Å². The van der Waals surface area contributed by atoms with Gasteiger partial charge in [0.1, 0.15) is 17.2 Å². The van der Waals surface area contributed by atoms with Gasteiger partial charge in [-0.2, -0.15) is 0 Å². The van der Waals surface area contributed by atoms with Crippen LogP contribution in [0.25, 0.3) is 0 Å². The monoisotopic (exact) mass is 270 g/mol. The number of carbonyl (C=O) groups is 1. The Bertz CT molecular complexity index is 646. The minimum absolute atomic E-state index is 0.00774. The summed E-state index contributed by atoms with van der Waals surface area (Å²) in [5.74, 6) is 1.54. The quantitative estimate of drug-likeness (QED) is 0.911. The van der Waals surface area contributed by atoms with E-state index < -0.39 is 6.10 Å². The summed E-state index contributed by atoms with van der Waals surface area (Å²) in [6, 6.07) is 11.9. The summed E-state index contributed by atoms with van der Waals surface area (Å²) in [6.45, 7) is 0. The van der Waals surface area contributed by atoms with E-state index in [0.29, 0.717) is 17.9 Å². The third-order valence-electron chi connectivity index (χ3n) is 3.37. The van der Waals surface area contributed by atoms with Crippen molar-refractivity contribution >= 4 is 5.78 Å². The lowest BCUT2D eigenvalue weighted by Crippen LogP contribution is -2.25. The van der Waals surface area contributed by atoms with E-state index in [2.05, 4.69) is 0 Å². The van der Waals surface area contributed by atoms with Gasteiger partial charge >= 0.3 is 0 Å². The van der Waals surface area contributed by atoms with Crippen molar-refractivity contribution in [2.24, 2.45) is 0 Å². The number of carbonyl (C=O) groups excluding carboxylic acids is 1. The van der Waals surface area contributed by atoms with E-state index in [1.807, 2.05) is 12.1 Å². The number of aromatic hydroxyl groups is 1. The van der Waals surface area contributed by atoms with Crippen LogP contribution in [0.5, 0.6) is 17.2 Å². The summed E-state index contributed by atoms with van der Waals surface area (Å²) in [7, 11) is 1.59. The molecule has 0 radical (unpaired) electrons. The van der Waals surface area contributed by atoms with Crippen molar-refractivity contribution in [3.8, 4) is 17.2 Å². The van der Waals surface area contributed by atoms with Crippen molar-refractivity contribution in [2.75, 3.05) is 7.11 Å². The molecule has 1 unspecified atom stereocenters. The molecule has 20 heavy (non-hydrogen) atoms. The fraction of sp³-hybridized carbons (Fsp3) is 0.188. The Labute approximate surface area is 116 Å². The zero-order valence-corrected chi connectivity index (χ0v) is 11.0. The van der Waals surface area contributed by atoms with Gasteiger partial charge in [0.15, 0.2) is 11.9 Å². The molecule has 3 rings (SSSR count). The number of fused-ring (bicyclic) bond motifs is 1. The summed E-state index contributed by atoms with van der Waals surface area (Å²) >= 11 is 0. The summed E-state index contributed by atoms with van der Waals surface area (Å²) in [4.78, 5) is 12.2. The van der Waals surface area contributed by atoms with Crippen LogP contribution in [0.1, 0.15) is 17.2 Å². The Morgan fingerprint density at radius 3 is 2.65 bits per heavy atom. The van der Waals surface area contributed by atoms with Crippen molar-refractivity contribution in [3.05, 3.63) is 53.6 Å².